The van der Waals surface area contributed by atoms with Gasteiger partial charge in [0, 0.05) is 48.6 Å². The number of pyridine rings is 1. The maximum atomic E-state index is 11.9. The topological polar surface area (TPSA) is 53.7 Å². The molecule has 1 aliphatic heterocycles. The van der Waals surface area contributed by atoms with Gasteiger partial charge < -0.3 is 4.90 Å². The van der Waals surface area contributed by atoms with Crippen molar-refractivity contribution < 1.29 is 4.21 Å². The monoisotopic (exact) mass is 497 g/mol. The van der Waals surface area contributed by atoms with Crippen LogP contribution < -0.4 is 4.90 Å². The number of benzene rings is 1. The smallest absolute Gasteiger partial charge is 0.191 e. The van der Waals surface area contributed by atoms with E-state index in [0.29, 0.717) is 18.1 Å². The van der Waals surface area contributed by atoms with Crippen molar-refractivity contribution in [2.45, 2.75) is 13.3 Å². The number of imidazole rings is 1. The molecule has 170 valence electrons. The zero-order valence-corrected chi connectivity index (χ0v) is 21.0. The van der Waals surface area contributed by atoms with E-state index in [2.05, 4.69) is 46.0 Å². The van der Waals surface area contributed by atoms with Crippen LogP contribution in [0.2, 0.25) is 5.02 Å². The molecule has 1 unspecified atom stereocenters. The van der Waals surface area contributed by atoms with E-state index in [1.54, 1.807) is 17.6 Å². The summed E-state index contributed by atoms with van der Waals surface area (Å²) in [6.45, 7) is 3.51. The zero-order valence-electron chi connectivity index (χ0n) is 18.7. The lowest BCUT2D eigenvalue weighted by molar-refractivity contribution is 0.559. The fourth-order valence-corrected chi connectivity index (χ4v) is 5.59. The van der Waals surface area contributed by atoms with E-state index in [1.165, 1.54) is 5.57 Å². The Morgan fingerprint density at radius 1 is 1.15 bits per heavy atom. The number of hydrogen-bond acceptors (Lipinski definition) is 5. The van der Waals surface area contributed by atoms with E-state index in [1.807, 2.05) is 35.6 Å². The predicted octanol–water partition coefficient (Wildman–Crippen LogP) is 5.43. The average Bonchev–Trinajstić information content (AvgIpc) is 3.56. The van der Waals surface area contributed by atoms with Crippen molar-refractivity contribution in [2.75, 3.05) is 31.3 Å². The SMILES string of the molecule is CCc1nc2ccc(C3=CCN(S(C)=O)C3)cn2c1N(C)c1nc(-c2ccc(Cl)cc2)cs1. The molecule has 5 rings (SSSR count). The van der Waals surface area contributed by atoms with Crippen molar-refractivity contribution in [3.05, 3.63) is 70.3 Å². The summed E-state index contributed by atoms with van der Waals surface area (Å²) in [5.41, 5.74) is 6.20. The Balaban J connectivity index is 1.52. The first-order chi connectivity index (χ1) is 15.9. The van der Waals surface area contributed by atoms with E-state index in [4.69, 9.17) is 21.6 Å². The summed E-state index contributed by atoms with van der Waals surface area (Å²) in [6.07, 6.45) is 6.83. The summed E-state index contributed by atoms with van der Waals surface area (Å²) in [6, 6.07) is 11.9. The highest BCUT2D eigenvalue weighted by Crippen LogP contribution is 2.34. The minimum atomic E-state index is -0.972. The highest BCUT2D eigenvalue weighted by molar-refractivity contribution is 7.81. The van der Waals surface area contributed by atoms with Crippen LogP contribution in [0.1, 0.15) is 18.2 Å². The number of thiazole rings is 1. The van der Waals surface area contributed by atoms with Gasteiger partial charge in [-0.1, -0.05) is 36.7 Å². The Morgan fingerprint density at radius 2 is 1.91 bits per heavy atom. The molecule has 3 aromatic heterocycles. The van der Waals surface area contributed by atoms with Gasteiger partial charge in [-0.05, 0) is 41.8 Å². The first-order valence-electron chi connectivity index (χ1n) is 10.7. The summed E-state index contributed by atoms with van der Waals surface area (Å²) >= 11 is 7.64. The van der Waals surface area contributed by atoms with Gasteiger partial charge in [0.05, 0.1) is 22.4 Å². The molecule has 0 fully saturated rings. The second-order valence-electron chi connectivity index (χ2n) is 7.94. The molecule has 6 nitrogen and oxygen atoms in total. The highest BCUT2D eigenvalue weighted by Gasteiger charge is 2.22. The molecular weight excluding hydrogens is 474 g/mol. The first-order valence-corrected chi connectivity index (χ1v) is 13.5. The minimum Gasteiger partial charge on any atom is -0.305 e. The molecule has 0 bridgehead atoms. The molecule has 4 aromatic rings. The van der Waals surface area contributed by atoms with Gasteiger partial charge in [0.25, 0.3) is 0 Å². The number of nitrogens with zero attached hydrogens (tertiary/aromatic N) is 5. The van der Waals surface area contributed by atoms with E-state index in [-0.39, 0.29) is 0 Å². The van der Waals surface area contributed by atoms with E-state index in [9.17, 15) is 4.21 Å². The summed E-state index contributed by atoms with van der Waals surface area (Å²) in [5.74, 6) is 1.01. The van der Waals surface area contributed by atoms with Crippen LogP contribution in [0, 0.1) is 0 Å². The molecule has 33 heavy (non-hydrogen) atoms. The third-order valence-electron chi connectivity index (χ3n) is 5.86. The van der Waals surface area contributed by atoms with Crippen LogP contribution in [-0.4, -0.2) is 49.3 Å². The molecule has 9 heteroatoms. The largest absolute Gasteiger partial charge is 0.305 e. The van der Waals surface area contributed by atoms with Crippen molar-refractivity contribution in [1.82, 2.24) is 18.7 Å². The number of aromatic nitrogens is 3. The van der Waals surface area contributed by atoms with Crippen molar-refractivity contribution in [3.63, 3.8) is 0 Å². The summed E-state index contributed by atoms with van der Waals surface area (Å²) in [5, 5.41) is 3.68. The average molecular weight is 498 g/mol. The number of halogens is 1. The fourth-order valence-electron chi connectivity index (χ4n) is 4.06. The predicted molar refractivity (Wildman–Crippen MR) is 139 cm³/mol. The van der Waals surface area contributed by atoms with Crippen molar-refractivity contribution >= 4 is 56.1 Å². The molecule has 0 saturated heterocycles. The highest BCUT2D eigenvalue weighted by atomic mass is 35.5. The van der Waals surface area contributed by atoms with Gasteiger partial charge in [-0.25, -0.2) is 18.5 Å². The number of hydrogen-bond donors (Lipinski definition) is 0. The summed E-state index contributed by atoms with van der Waals surface area (Å²) in [7, 11) is 1.07. The number of fused-ring (bicyclic) bond motifs is 1. The van der Waals surface area contributed by atoms with E-state index < -0.39 is 11.0 Å². The maximum absolute atomic E-state index is 11.9. The lowest BCUT2D eigenvalue weighted by atomic mass is 10.1. The van der Waals surface area contributed by atoms with Crippen LogP contribution in [-0.2, 0) is 17.4 Å². The van der Waals surface area contributed by atoms with Crippen LogP contribution >= 0.6 is 22.9 Å². The van der Waals surface area contributed by atoms with Gasteiger partial charge in [0.2, 0.25) is 0 Å². The van der Waals surface area contributed by atoms with Crippen LogP contribution in [0.3, 0.4) is 0 Å². The zero-order chi connectivity index (χ0) is 23.1. The van der Waals surface area contributed by atoms with Gasteiger partial charge in [0.15, 0.2) is 5.13 Å². The van der Waals surface area contributed by atoms with Crippen LogP contribution in [0.25, 0.3) is 22.5 Å². The van der Waals surface area contributed by atoms with Gasteiger partial charge in [-0.3, -0.25) is 4.40 Å². The summed E-state index contributed by atoms with van der Waals surface area (Å²) in [4.78, 5) is 11.9. The standard InChI is InChI=1S/C24H24ClN5OS2/c1-4-20-23(28(2)24-27-21(15-32-24)16-5-8-19(25)9-6-16)30-14-17(7-10-22(30)26-20)18-11-12-29(13-18)33(3)31/h5-11,14-15H,4,12-13H2,1-3H3. The van der Waals surface area contributed by atoms with Crippen LogP contribution in [0.15, 0.2) is 54.1 Å². The number of aryl methyl sites for hydroxylation is 1. The van der Waals surface area contributed by atoms with Crippen molar-refractivity contribution in [1.29, 1.82) is 0 Å². The number of anilines is 2. The van der Waals surface area contributed by atoms with E-state index in [0.717, 1.165) is 45.5 Å². The maximum Gasteiger partial charge on any atom is 0.191 e. The Bertz CT molecular complexity index is 1380. The van der Waals surface area contributed by atoms with Gasteiger partial charge >= 0.3 is 0 Å². The van der Waals surface area contributed by atoms with Crippen molar-refractivity contribution in [2.24, 2.45) is 0 Å². The second kappa shape index (κ2) is 9.02. The molecule has 0 amide bonds. The van der Waals surface area contributed by atoms with Gasteiger partial charge in [0.1, 0.15) is 11.5 Å². The Labute approximate surface area is 204 Å². The quantitative estimate of drug-likeness (QED) is 0.356. The minimum absolute atomic E-state index is 0.687. The van der Waals surface area contributed by atoms with Crippen LogP contribution in [0.4, 0.5) is 10.9 Å². The third kappa shape index (κ3) is 4.24. The van der Waals surface area contributed by atoms with E-state index >= 15 is 0 Å². The number of rotatable bonds is 6. The van der Waals surface area contributed by atoms with Crippen LogP contribution in [0.5, 0.6) is 0 Å². The molecular formula is C24H24ClN5OS2. The lowest BCUT2D eigenvalue weighted by Gasteiger charge is -2.17. The molecule has 1 atom stereocenters. The Hall–Kier alpha value is -2.52. The fraction of sp³-hybridized carbons (Fsp3) is 0.250. The molecule has 1 aromatic carbocycles. The molecule has 0 aliphatic carbocycles. The van der Waals surface area contributed by atoms with Crippen molar-refractivity contribution in [3.8, 4) is 11.3 Å². The Kier molecular flexibility index (Phi) is 6.09. The summed E-state index contributed by atoms with van der Waals surface area (Å²) < 4.78 is 16.0. The molecule has 4 heterocycles. The Morgan fingerprint density at radius 3 is 2.61 bits per heavy atom. The van der Waals surface area contributed by atoms with Gasteiger partial charge in [-0.15, -0.1) is 11.3 Å². The molecule has 0 N–H and O–H groups in total. The molecule has 0 saturated carbocycles. The molecule has 0 spiro atoms. The van der Waals surface area contributed by atoms with Gasteiger partial charge in [-0.2, -0.15) is 0 Å². The second-order valence-corrected chi connectivity index (χ2v) is 10.6. The lowest BCUT2D eigenvalue weighted by Crippen LogP contribution is -2.22. The third-order valence-corrected chi connectivity index (χ3v) is 8.03. The normalized spacial score (nSPS) is 15.2. The molecule has 0 radical (unpaired) electrons. The first kappa shape index (κ1) is 22.3. The molecule has 1 aliphatic rings.